The predicted octanol–water partition coefficient (Wildman–Crippen LogP) is 2.08. The van der Waals surface area contributed by atoms with Gasteiger partial charge in [0.1, 0.15) is 6.61 Å². The first kappa shape index (κ1) is 12.8. The number of hydrogen-bond acceptors (Lipinski definition) is 4. The lowest BCUT2D eigenvalue weighted by Gasteiger charge is -2.00. The van der Waals surface area contributed by atoms with Crippen molar-refractivity contribution in [1.82, 2.24) is 5.32 Å². The summed E-state index contributed by atoms with van der Waals surface area (Å²) < 4.78 is 0. The van der Waals surface area contributed by atoms with Gasteiger partial charge in [0, 0.05) is 26.8 Å². The van der Waals surface area contributed by atoms with Gasteiger partial charge in [0.15, 0.2) is 0 Å². The van der Waals surface area contributed by atoms with E-state index in [1.807, 2.05) is 22.2 Å². The highest BCUT2D eigenvalue weighted by atomic mass is 32.1. The molecule has 0 aliphatic carbocycles. The predicted molar refractivity (Wildman–Crippen MR) is 73.8 cm³/mol. The monoisotopic (exact) mass is 277 g/mol. The molecule has 0 saturated carbocycles. The van der Waals surface area contributed by atoms with Gasteiger partial charge in [-0.25, -0.2) is 0 Å². The third kappa shape index (κ3) is 3.44. The highest BCUT2D eigenvalue weighted by Crippen LogP contribution is 2.14. The van der Waals surface area contributed by atoms with Crippen molar-refractivity contribution in [2.75, 3.05) is 6.61 Å². The van der Waals surface area contributed by atoms with Crippen LogP contribution in [0.25, 0.3) is 0 Å². The first-order valence-corrected chi connectivity index (χ1v) is 7.09. The molecule has 0 aliphatic rings. The van der Waals surface area contributed by atoms with E-state index in [-0.39, 0.29) is 12.5 Å². The molecule has 2 heterocycles. The second kappa shape index (κ2) is 6.36. The van der Waals surface area contributed by atoms with Crippen LogP contribution in [-0.4, -0.2) is 17.6 Å². The van der Waals surface area contributed by atoms with Crippen molar-refractivity contribution in [2.24, 2.45) is 0 Å². The Kier molecular flexibility index (Phi) is 4.53. The summed E-state index contributed by atoms with van der Waals surface area (Å²) in [6.45, 7) is 0.361. The highest BCUT2D eigenvalue weighted by Gasteiger charge is 2.05. The lowest BCUT2D eigenvalue weighted by Crippen LogP contribution is -2.21. The molecule has 18 heavy (non-hydrogen) atoms. The average molecular weight is 277 g/mol. The van der Waals surface area contributed by atoms with Crippen LogP contribution in [0.3, 0.4) is 0 Å². The van der Waals surface area contributed by atoms with Crippen LogP contribution in [-0.2, 0) is 6.54 Å². The van der Waals surface area contributed by atoms with Gasteiger partial charge in [0.05, 0.1) is 6.54 Å². The number of aliphatic hydroxyl groups is 1. The van der Waals surface area contributed by atoms with Crippen LogP contribution in [0.4, 0.5) is 0 Å². The van der Waals surface area contributed by atoms with Crippen LogP contribution >= 0.6 is 22.7 Å². The molecule has 0 fully saturated rings. The summed E-state index contributed by atoms with van der Waals surface area (Å²) in [7, 11) is 0. The second-order valence-electron chi connectivity index (χ2n) is 3.46. The van der Waals surface area contributed by atoms with Crippen LogP contribution in [0.1, 0.15) is 20.8 Å². The fourth-order valence-electron chi connectivity index (χ4n) is 1.34. The van der Waals surface area contributed by atoms with Gasteiger partial charge < -0.3 is 10.4 Å². The smallest absolute Gasteiger partial charge is 0.252 e. The maximum absolute atomic E-state index is 11.7. The standard InChI is InChI=1S/C13H11NO2S2/c15-4-1-2-10-6-12(18-8-10)7-14-13(16)11-3-5-17-9-11/h3,5-6,8-9,15H,4,7H2,(H,14,16). The zero-order valence-electron chi connectivity index (χ0n) is 9.47. The first-order chi connectivity index (χ1) is 8.79. The minimum Gasteiger partial charge on any atom is -0.384 e. The molecular formula is C13H11NO2S2. The number of rotatable bonds is 3. The number of nitrogens with one attached hydrogen (secondary N) is 1. The van der Waals surface area contributed by atoms with Gasteiger partial charge in [-0.2, -0.15) is 11.3 Å². The van der Waals surface area contributed by atoms with E-state index in [9.17, 15) is 4.79 Å². The van der Waals surface area contributed by atoms with Gasteiger partial charge in [-0.3, -0.25) is 4.79 Å². The minimum atomic E-state index is -0.139. The molecule has 3 nitrogen and oxygen atoms in total. The lowest BCUT2D eigenvalue weighted by molar-refractivity contribution is 0.0952. The molecule has 2 aromatic heterocycles. The van der Waals surface area contributed by atoms with Crippen molar-refractivity contribution in [2.45, 2.75) is 6.54 Å². The molecule has 0 atom stereocenters. The lowest BCUT2D eigenvalue weighted by atomic mass is 10.3. The highest BCUT2D eigenvalue weighted by molar-refractivity contribution is 7.10. The third-order valence-corrected chi connectivity index (χ3v) is 3.79. The fourth-order valence-corrected chi connectivity index (χ4v) is 2.74. The quantitative estimate of drug-likeness (QED) is 0.844. The number of hydrogen-bond donors (Lipinski definition) is 2. The van der Waals surface area contributed by atoms with E-state index in [4.69, 9.17) is 5.11 Å². The van der Waals surface area contributed by atoms with E-state index in [1.165, 1.54) is 11.3 Å². The molecule has 2 N–H and O–H groups in total. The number of carbonyl (C=O) groups excluding carboxylic acids is 1. The molecule has 2 aromatic rings. The van der Waals surface area contributed by atoms with Gasteiger partial charge in [0.2, 0.25) is 0 Å². The number of aliphatic hydroxyl groups excluding tert-OH is 1. The summed E-state index contributed by atoms with van der Waals surface area (Å²) in [5.74, 6) is 5.36. The Bertz CT molecular complexity index is 576. The average Bonchev–Trinajstić information content (AvgIpc) is 3.04. The van der Waals surface area contributed by atoms with Crippen LogP contribution in [0.5, 0.6) is 0 Å². The van der Waals surface area contributed by atoms with Crippen molar-refractivity contribution >= 4 is 28.6 Å². The van der Waals surface area contributed by atoms with Crippen molar-refractivity contribution in [1.29, 1.82) is 0 Å². The van der Waals surface area contributed by atoms with E-state index >= 15 is 0 Å². The molecule has 92 valence electrons. The number of amides is 1. The third-order valence-electron chi connectivity index (χ3n) is 2.17. The molecule has 0 aliphatic heterocycles. The zero-order chi connectivity index (χ0) is 12.8. The Morgan fingerprint density at radius 1 is 1.44 bits per heavy atom. The summed E-state index contributed by atoms with van der Waals surface area (Å²) in [5.41, 5.74) is 1.56. The van der Waals surface area contributed by atoms with Crippen molar-refractivity contribution < 1.29 is 9.90 Å². The largest absolute Gasteiger partial charge is 0.384 e. The summed E-state index contributed by atoms with van der Waals surface area (Å²) >= 11 is 3.05. The Hall–Kier alpha value is -1.61. The van der Waals surface area contributed by atoms with Crippen LogP contribution in [0, 0.1) is 11.8 Å². The van der Waals surface area contributed by atoms with E-state index in [1.54, 1.807) is 17.4 Å². The topological polar surface area (TPSA) is 49.3 Å². The van der Waals surface area contributed by atoms with E-state index in [2.05, 4.69) is 17.2 Å². The van der Waals surface area contributed by atoms with Gasteiger partial charge in [-0.1, -0.05) is 11.8 Å². The minimum absolute atomic E-state index is 0.0624. The van der Waals surface area contributed by atoms with Gasteiger partial charge >= 0.3 is 0 Å². The van der Waals surface area contributed by atoms with Crippen LogP contribution in [0.2, 0.25) is 0 Å². The Morgan fingerprint density at radius 2 is 2.33 bits per heavy atom. The van der Waals surface area contributed by atoms with Gasteiger partial charge in [0.25, 0.3) is 5.91 Å². The summed E-state index contributed by atoms with van der Waals surface area (Å²) in [6, 6.07) is 3.72. The Labute approximate surface area is 113 Å². The summed E-state index contributed by atoms with van der Waals surface area (Å²) in [4.78, 5) is 12.7. The van der Waals surface area contributed by atoms with Crippen LogP contribution < -0.4 is 5.32 Å². The van der Waals surface area contributed by atoms with Crippen molar-refractivity contribution in [3.05, 3.63) is 44.3 Å². The molecular weight excluding hydrogens is 266 g/mol. The van der Waals surface area contributed by atoms with E-state index in [0.717, 1.165) is 10.4 Å². The zero-order valence-corrected chi connectivity index (χ0v) is 11.1. The van der Waals surface area contributed by atoms with Crippen LogP contribution in [0.15, 0.2) is 28.3 Å². The molecule has 0 spiro atoms. The normalized spacial score (nSPS) is 9.61. The molecule has 5 heteroatoms. The molecule has 0 radical (unpaired) electrons. The van der Waals surface area contributed by atoms with E-state index in [0.29, 0.717) is 12.1 Å². The van der Waals surface area contributed by atoms with Gasteiger partial charge in [-0.05, 0) is 17.5 Å². The van der Waals surface area contributed by atoms with Gasteiger partial charge in [-0.15, -0.1) is 11.3 Å². The Balaban J connectivity index is 1.90. The molecule has 0 unspecified atom stereocenters. The van der Waals surface area contributed by atoms with Crippen molar-refractivity contribution in [3.8, 4) is 11.8 Å². The summed E-state index contributed by atoms with van der Waals surface area (Å²) in [6.07, 6.45) is 0. The molecule has 1 amide bonds. The Morgan fingerprint density at radius 3 is 3.06 bits per heavy atom. The molecule has 0 aromatic carbocycles. The molecule has 0 saturated heterocycles. The van der Waals surface area contributed by atoms with Crippen molar-refractivity contribution in [3.63, 3.8) is 0 Å². The second-order valence-corrected chi connectivity index (χ2v) is 5.23. The maximum Gasteiger partial charge on any atom is 0.252 e. The first-order valence-electron chi connectivity index (χ1n) is 5.27. The maximum atomic E-state index is 11.7. The summed E-state index contributed by atoms with van der Waals surface area (Å²) in [5, 5.41) is 17.1. The number of thiophene rings is 2. The molecule has 0 bridgehead atoms. The SMILES string of the molecule is O=C(NCc1cc(C#CCO)cs1)c1ccsc1. The molecule has 2 rings (SSSR count). The number of carbonyl (C=O) groups is 1. The fraction of sp³-hybridized carbons (Fsp3) is 0.154. The van der Waals surface area contributed by atoms with E-state index < -0.39 is 0 Å².